The number of carbonyl (C=O) groups is 1. The van der Waals surface area contributed by atoms with Crippen molar-refractivity contribution in [1.29, 1.82) is 0 Å². The summed E-state index contributed by atoms with van der Waals surface area (Å²) in [5.41, 5.74) is 2.28. The lowest BCUT2D eigenvalue weighted by molar-refractivity contribution is 0.0779. The van der Waals surface area contributed by atoms with E-state index in [-0.39, 0.29) is 5.91 Å². The molecule has 0 aliphatic heterocycles. The van der Waals surface area contributed by atoms with Gasteiger partial charge in [0.2, 0.25) is 0 Å². The molecule has 1 N–H and O–H groups in total. The average Bonchev–Trinajstić information content (AvgIpc) is 2.62. The normalized spacial score (nSPS) is 10.3. The number of amides is 1. The summed E-state index contributed by atoms with van der Waals surface area (Å²) in [6.07, 6.45) is 3.05. The van der Waals surface area contributed by atoms with E-state index < -0.39 is 0 Å². The summed E-state index contributed by atoms with van der Waals surface area (Å²) in [6.45, 7) is 0.527. The Labute approximate surface area is 154 Å². The first-order chi connectivity index (χ1) is 12.1. The molecular weight excluding hydrogens is 380 g/mol. The van der Waals surface area contributed by atoms with E-state index in [1.807, 2.05) is 54.6 Å². The van der Waals surface area contributed by atoms with Gasteiger partial charge in [0.1, 0.15) is 11.5 Å². The van der Waals surface area contributed by atoms with Crippen molar-refractivity contribution in [2.75, 3.05) is 12.4 Å². The van der Waals surface area contributed by atoms with E-state index in [1.54, 1.807) is 18.1 Å². The maximum Gasteiger partial charge on any atom is 0.274 e. The number of anilines is 2. The molecule has 0 fully saturated rings. The Morgan fingerprint density at radius 3 is 2.56 bits per heavy atom. The van der Waals surface area contributed by atoms with E-state index in [1.165, 1.54) is 6.20 Å². The zero-order chi connectivity index (χ0) is 17.6. The van der Waals surface area contributed by atoms with Crippen LogP contribution in [0, 0.1) is 0 Å². The van der Waals surface area contributed by atoms with E-state index in [4.69, 9.17) is 0 Å². The highest BCUT2D eigenvalue weighted by Crippen LogP contribution is 2.19. The van der Waals surface area contributed by atoms with Crippen LogP contribution in [0.25, 0.3) is 0 Å². The molecule has 0 unspecified atom stereocenters. The molecule has 0 bridgehead atoms. The fourth-order valence-corrected chi connectivity index (χ4v) is 2.74. The second-order valence-electron chi connectivity index (χ2n) is 5.57. The van der Waals surface area contributed by atoms with Crippen molar-refractivity contribution < 1.29 is 4.79 Å². The van der Waals surface area contributed by atoms with Gasteiger partial charge < -0.3 is 10.2 Å². The number of rotatable bonds is 5. The summed E-state index contributed by atoms with van der Waals surface area (Å²) in [6, 6.07) is 17.6. The first-order valence-electron chi connectivity index (χ1n) is 7.76. The number of aromatic nitrogens is 2. The maximum atomic E-state index is 12.5. The second-order valence-corrected chi connectivity index (χ2v) is 6.48. The van der Waals surface area contributed by atoms with Gasteiger partial charge in [-0.3, -0.25) is 4.79 Å². The predicted molar refractivity (Wildman–Crippen MR) is 102 cm³/mol. The Balaban J connectivity index is 1.66. The van der Waals surface area contributed by atoms with Crippen LogP contribution >= 0.6 is 15.9 Å². The Hall–Kier alpha value is -2.73. The number of hydrogen-bond acceptors (Lipinski definition) is 4. The van der Waals surface area contributed by atoms with E-state index in [0.717, 1.165) is 15.7 Å². The Morgan fingerprint density at radius 1 is 1.08 bits per heavy atom. The molecule has 1 amide bonds. The maximum absolute atomic E-state index is 12.5. The van der Waals surface area contributed by atoms with Gasteiger partial charge in [0.25, 0.3) is 5.91 Å². The van der Waals surface area contributed by atoms with Crippen LogP contribution in [0.5, 0.6) is 0 Å². The van der Waals surface area contributed by atoms with Gasteiger partial charge >= 0.3 is 0 Å². The summed E-state index contributed by atoms with van der Waals surface area (Å²) in [7, 11) is 1.75. The zero-order valence-electron chi connectivity index (χ0n) is 13.7. The fraction of sp³-hybridized carbons (Fsp3) is 0.105. The molecule has 0 saturated carbocycles. The van der Waals surface area contributed by atoms with Crippen LogP contribution in [0.15, 0.2) is 71.5 Å². The van der Waals surface area contributed by atoms with Crippen LogP contribution in [0.1, 0.15) is 16.1 Å². The van der Waals surface area contributed by atoms with Crippen LogP contribution in [0.3, 0.4) is 0 Å². The third-order valence-electron chi connectivity index (χ3n) is 3.58. The molecule has 1 heterocycles. The minimum atomic E-state index is -0.162. The van der Waals surface area contributed by atoms with Gasteiger partial charge in [-0.05, 0) is 23.8 Å². The summed E-state index contributed by atoms with van der Waals surface area (Å²) in [5.74, 6) is 0.422. The lowest BCUT2D eigenvalue weighted by atomic mass is 10.2. The third-order valence-corrected chi connectivity index (χ3v) is 4.07. The van der Waals surface area contributed by atoms with E-state index >= 15 is 0 Å². The minimum Gasteiger partial charge on any atom is -0.339 e. The highest BCUT2D eigenvalue weighted by molar-refractivity contribution is 9.10. The largest absolute Gasteiger partial charge is 0.339 e. The number of carbonyl (C=O) groups excluding carboxylic acids is 1. The number of benzene rings is 2. The van der Waals surface area contributed by atoms with Crippen LogP contribution in [-0.2, 0) is 6.54 Å². The van der Waals surface area contributed by atoms with Crippen LogP contribution in [-0.4, -0.2) is 27.8 Å². The monoisotopic (exact) mass is 396 g/mol. The van der Waals surface area contributed by atoms with Crippen molar-refractivity contribution in [3.63, 3.8) is 0 Å². The highest BCUT2D eigenvalue weighted by Gasteiger charge is 2.14. The lowest BCUT2D eigenvalue weighted by Crippen LogP contribution is -2.27. The van der Waals surface area contributed by atoms with Gasteiger partial charge in [0, 0.05) is 23.8 Å². The summed E-state index contributed by atoms with van der Waals surface area (Å²) < 4.78 is 0.972. The van der Waals surface area contributed by atoms with Crippen LogP contribution in [0.2, 0.25) is 0 Å². The molecule has 0 spiro atoms. The Morgan fingerprint density at radius 2 is 1.88 bits per heavy atom. The van der Waals surface area contributed by atoms with Crippen LogP contribution < -0.4 is 5.32 Å². The van der Waals surface area contributed by atoms with E-state index in [9.17, 15) is 4.79 Å². The van der Waals surface area contributed by atoms with Crippen molar-refractivity contribution in [2.45, 2.75) is 6.54 Å². The van der Waals surface area contributed by atoms with Crippen molar-refractivity contribution in [2.24, 2.45) is 0 Å². The van der Waals surface area contributed by atoms with Crippen molar-refractivity contribution >= 4 is 33.3 Å². The van der Waals surface area contributed by atoms with Crippen LogP contribution in [0.4, 0.5) is 11.5 Å². The summed E-state index contributed by atoms with van der Waals surface area (Å²) in [5, 5.41) is 3.15. The molecule has 0 saturated heterocycles. The number of nitrogens with one attached hydrogen (secondary N) is 1. The zero-order valence-corrected chi connectivity index (χ0v) is 15.3. The smallest absolute Gasteiger partial charge is 0.274 e. The quantitative estimate of drug-likeness (QED) is 0.699. The molecular formula is C19H17BrN4O. The average molecular weight is 397 g/mol. The molecule has 6 heteroatoms. The second kappa shape index (κ2) is 7.90. The van der Waals surface area contributed by atoms with Crippen molar-refractivity contribution in [1.82, 2.24) is 14.9 Å². The first-order valence-corrected chi connectivity index (χ1v) is 8.55. The van der Waals surface area contributed by atoms with Gasteiger partial charge in [-0.15, -0.1) is 0 Å². The molecule has 5 nitrogen and oxygen atoms in total. The van der Waals surface area contributed by atoms with Gasteiger partial charge in [-0.2, -0.15) is 0 Å². The highest BCUT2D eigenvalue weighted by atomic mass is 79.9. The van der Waals surface area contributed by atoms with Crippen molar-refractivity contribution in [3.05, 3.63) is 82.7 Å². The van der Waals surface area contributed by atoms with E-state index in [2.05, 4.69) is 31.2 Å². The molecule has 3 aromatic rings. The molecule has 0 atom stereocenters. The molecule has 0 aliphatic carbocycles. The molecule has 1 aromatic heterocycles. The van der Waals surface area contributed by atoms with Gasteiger partial charge in [0.15, 0.2) is 0 Å². The topological polar surface area (TPSA) is 58.1 Å². The van der Waals surface area contributed by atoms with Crippen molar-refractivity contribution in [3.8, 4) is 0 Å². The lowest BCUT2D eigenvalue weighted by Gasteiger charge is -2.16. The number of hydrogen-bond donors (Lipinski definition) is 1. The molecule has 0 aliphatic rings. The minimum absolute atomic E-state index is 0.162. The summed E-state index contributed by atoms with van der Waals surface area (Å²) in [4.78, 5) is 22.6. The SMILES string of the molecule is CN(Cc1ccccc1)C(=O)c1cnc(Nc2cccc(Br)c2)cn1. The molecule has 2 aromatic carbocycles. The molecule has 25 heavy (non-hydrogen) atoms. The Bertz CT molecular complexity index is 853. The number of nitrogens with zero attached hydrogens (tertiary/aromatic N) is 3. The summed E-state index contributed by atoms with van der Waals surface area (Å²) >= 11 is 3.42. The number of halogens is 1. The molecule has 126 valence electrons. The van der Waals surface area contributed by atoms with Gasteiger partial charge in [0.05, 0.1) is 12.4 Å². The fourth-order valence-electron chi connectivity index (χ4n) is 2.34. The Kier molecular flexibility index (Phi) is 5.40. The molecule has 3 rings (SSSR count). The standard InChI is InChI=1S/C19H17BrN4O/c1-24(13-14-6-3-2-4-7-14)19(25)17-11-22-18(12-21-17)23-16-9-5-8-15(20)10-16/h2-12H,13H2,1H3,(H,22,23). The third kappa shape index (κ3) is 4.64. The predicted octanol–water partition coefficient (Wildman–Crippen LogP) is 4.25. The first kappa shape index (κ1) is 17.1. The molecule has 0 radical (unpaired) electrons. The van der Waals surface area contributed by atoms with E-state index in [0.29, 0.717) is 18.1 Å². The van der Waals surface area contributed by atoms with Gasteiger partial charge in [-0.25, -0.2) is 9.97 Å². The van der Waals surface area contributed by atoms with Gasteiger partial charge in [-0.1, -0.05) is 52.3 Å².